The number of piperidine rings is 1. The topological polar surface area (TPSA) is 72.0 Å². The molecular formula is C26H27N3O4. The number of carbonyl (C=O) groups is 2. The first-order valence-electron chi connectivity index (χ1n) is 11.0. The first-order chi connectivity index (χ1) is 16.1. The van der Waals surface area contributed by atoms with Gasteiger partial charge in [0.05, 0.1) is 13.3 Å². The van der Waals surface area contributed by atoms with E-state index in [4.69, 9.17) is 9.47 Å². The molecule has 1 saturated heterocycles. The highest BCUT2D eigenvalue weighted by molar-refractivity contribution is 6.08. The third kappa shape index (κ3) is 5.68. The molecule has 0 N–H and O–H groups in total. The highest BCUT2D eigenvalue weighted by atomic mass is 16.5. The zero-order valence-corrected chi connectivity index (χ0v) is 18.6. The van der Waals surface area contributed by atoms with Crippen LogP contribution in [0.25, 0.3) is 0 Å². The van der Waals surface area contributed by atoms with Crippen molar-refractivity contribution < 1.29 is 19.1 Å². The van der Waals surface area contributed by atoms with E-state index >= 15 is 0 Å². The van der Waals surface area contributed by atoms with E-state index in [0.717, 1.165) is 18.6 Å². The van der Waals surface area contributed by atoms with Gasteiger partial charge in [-0.15, -0.1) is 0 Å². The molecule has 2 amide bonds. The van der Waals surface area contributed by atoms with Crippen LogP contribution < -0.4 is 14.4 Å². The fourth-order valence-corrected chi connectivity index (χ4v) is 3.85. The molecule has 7 nitrogen and oxygen atoms in total. The zero-order valence-electron chi connectivity index (χ0n) is 18.6. The Morgan fingerprint density at radius 3 is 2.33 bits per heavy atom. The van der Waals surface area contributed by atoms with Crippen molar-refractivity contribution in [3.63, 3.8) is 0 Å². The number of ether oxygens (including phenoxy) is 2. The number of likely N-dealkylation sites (tertiary alicyclic amines) is 1. The Balaban J connectivity index is 1.42. The molecular weight excluding hydrogens is 418 g/mol. The number of methoxy groups -OCH3 is 1. The van der Waals surface area contributed by atoms with E-state index in [1.807, 2.05) is 42.5 Å². The van der Waals surface area contributed by atoms with Crippen LogP contribution in [-0.2, 0) is 4.79 Å². The standard InChI is InChI=1S/C26H27N3O4/c1-32-22-11-9-20(10-12-22)26(31)29(21-6-3-2-4-7-21)19-25(30)28-16-13-23(14-17-28)33-24-8-5-15-27-18-24/h2-12,15,18,23H,13-14,16-17,19H2,1H3. The normalized spacial score (nSPS) is 13.9. The van der Waals surface area contributed by atoms with Crippen LogP contribution in [0.3, 0.4) is 0 Å². The quantitative estimate of drug-likeness (QED) is 0.553. The Morgan fingerprint density at radius 2 is 1.70 bits per heavy atom. The van der Waals surface area contributed by atoms with Crippen molar-refractivity contribution in [1.82, 2.24) is 9.88 Å². The minimum atomic E-state index is -0.230. The molecule has 0 spiro atoms. The maximum atomic E-state index is 13.3. The summed E-state index contributed by atoms with van der Waals surface area (Å²) in [7, 11) is 1.58. The van der Waals surface area contributed by atoms with Crippen LogP contribution in [0, 0.1) is 0 Å². The fraction of sp³-hybridized carbons (Fsp3) is 0.269. The molecule has 1 aliphatic heterocycles. The lowest BCUT2D eigenvalue weighted by Gasteiger charge is -2.33. The van der Waals surface area contributed by atoms with Crippen molar-refractivity contribution in [3.05, 3.63) is 84.7 Å². The molecule has 3 aromatic rings. The molecule has 0 bridgehead atoms. The minimum Gasteiger partial charge on any atom is -0.497 e. The average Bonchev–Trinajstić information content (AvgIpc) is 2.88. The molecule has 7 heteroatoms. The third-order valence-electron chi connectivity index (χ3n) is 5.68. The van der Waals surface area contributed by atoms with Gasteiger partial charge in [-0.3, -0.25) is 19.5 Å². The lowest BCUT2D eigenvalue weighted by atomic mass is 10.1. The molecule has 0 saturated carbocycles. The summed E-state index contributed by atoms with van der Waals surface area (Å²) in [6.07, 6.45) is 4.92. The second-order valence-corrected chi connectivity index (χ2v) is 7.84. The number of hydrogen-bond acceptors (Lipinski definition) is 5. The molecule has 170 valence electrons. The molecule has 2 aromatic carbocycles. The number of benzene rings is 2. The largest absolute Gasteiger partial charge is 0.497 e. The average molecular weight is 446 g/mol. The predicted molar refractivity (Wildman–Crippen MR) is 126 cm³/mol. The molecule has 4 rings (SSSR count). The summed E-state index contributed by atoms with van der Waals surface area (Å²) in [5, 5.41) is 0. The second-order valence-electron chi connectivity index (χ2n) is 7.84. The van der Waals surface area contributed by atoms with E-state index in [2.05, 4.69) is 4.98 Å². The summed E-state index contributed by atoms with van der Waals surface area (Å²) in [5.74, 6) is 1.10. The number of anilines is 1. The van der Waals surface area contributed by atoms with Crippen LogP contribution in [0.1, 0.15) is 23.2 Å². The Bertz CT molecular complexity index is 1050. The van der Waals surface area contributed by atoms with Gasteiger partial charge in [0.15, 0.2) is 0 Å². The van der Waals surface area contributed by atoms with E-state index < -0.39 is 0 Å². The Labute approximate surface area is 193 Å². The fourth-order valence-electron chi connectivity index (χ4n) is 3.85. The Morgan fingerprint density at radius 1 is 0.970 bits per heavy atom. The SMILES string of the molecule is COc1ccc(C(=O)N(CC(=O)N2CCC(Oc3cccnc3)CC2)c2ccccc2)cc1. The molecule has 0 atom stereocenters. The molecule has 2 heterocycles. The lowest BCUT2D eigenvalue weighted by molar-refractivity contribution is -0.131. The highest BCUT2D eigenvalue weighted by Crippen LogP contribution is 2.21. The van der Waals surface area contributed by atoms with E-state index in [0.29, 0.717) is 30.1 Å². The first-order valence-corrected chi connectivity index (χ1v) is 11.0. The molecule has 1 aromatic heterocycles. The van der Waals surface area contributed by atoms with Crippen LogP contribution in [-0.4, -0.2) is 54.5 Å². The van der Waals surface area contributed by atoms with Gasteiger partial charge in [-0.1, -0.05) is 18.2 Å². The molecule has 0 aliphatic carbocycles. The van der Waals surface area contributed by atoms with Crippen molar-refractivity contribution >= 4 is 17.5 Å². The van der Waals surface area contributed by atoms with Gasteiger partial charge in [-0.25, -0.2) is 0 Å². The van der Waals surface area contributed by atoms with Crippen molar-refractivity contribution in [2.75, 3.05) is 31.6 Å². The van der Waals surface area contributed by atoms with Gasteiger partial charge in [0.25, 0.3) is 5.91 Å². The number of para-hydroxylation sites is 1. The van der Waals surface area contributed by atoms with Crippen molar-refractivity contribution in [3.8, 4) is 11.5 Å². The number of hydrogen-bond donors (Lipinski definition) is 0. The van der Waals surface area contributed by atoms with Crippen LogP contribution in [0.4, 0.5) is 5.69 Å². The van der Waals surface area contributed by atoms with Gasteiger partial charge < -0.3 is 14.4 Å². The molecule has 33 heavy (non-hydrogen) atoms. The minimum absolute atomic E-state index is 0.0248. The number of nitrogens with zero attached hydrogens (tertiary/aromatic N) is 3. The summed E-state index contributed by atoms with van der Waals surface area (Å²) in [5.41, 5.74) is 1.18. The van der Waals surface area contributed by atoms with E-state index in [-0.39, 0.29) is 24.5 Å². The van der Waals surface area contributed by atoms with Gasteiger partial charge in [0, 0.05) is 43.4 Å². The van der Waals surface area contributed by atoms with Crippen LogP contribution in [0.5, 0.6) is 11.5 Å². The lowest BCUT2D eigenvalue weighted by Crippen LogP contribution is -2.47. The summed E-state index contributed by atoms with van der Waals surface area (Å²) >= 11 is 0. The zero-order chi connectivity index (χ0) is 23.0. The third-order valence-corrected chi connectivity index (χ3v) is 5.68. The monoisotopic (exact) mass is 445 g/mol. The number of rotatable bonds is 7. The molecule has 1 fully saturated rings. The highest BCUT2D eigenvalue weighted by Gasteiger charge is 2.27. The van der Waals surface area contributed by atoms with Gasteiger partial charge in [0.1, 0.15) is 24.1 Å². The van der Waals surface area contributed by atoms with Crippen LogP contribution >= 0.6 is 0 Å². The Hall–Kier alpha value is -3.87. The number of amides is 2. The number of aromatic nitrogens is 1. The van der Waals surface area contributed by atoms with Gasteiger partial charge in [0.2, 0.25) is 5.91 Å². The van der Waals surface area contributed by atoms with E-state index in [1.165, 1.54) is 4.90 Å². The number of carbonyl (C=O) groups excluding carboxylic acids is 2. The van der Waals surface area contributed by atoms with Crippen LogP contribution in [0.2, 0.25) is 0 Å². The second kappa shape index (κ2) is 10.6. The van der Waals surface area contributed by atoms with Gasteiger partial charge in [-0.05, 0) is 48.5 Å². The number of pyridine rings is 1. The predicted octanol–water partition coefficient (Wildman–Crippen LogP) is 3.81. The van der Waals surface area contributed by atoms with Crippen molar-refractivity contribution in [2.24, 2.45) is 0 Å². The smallest absolute Gasteiger partial charge is 0.258 e. The maximum absolute atomic E-state index is 13.3. The molecule has 0 unspecified atom stereocenters. The van der Waals surface area contributed by atoms with Crippen molar-refractivity contribution in [2.45, 2.75) is 18.9 Å². The summed E-state index contributed by atoms with van der Waals surface area (Å²) in [6.45, 7) is 1.15. The van der Waals surface area contributed by atoms with Crippen molar-refractivity contribution in [1.29, 1.82) is 0 Å². The van der Waals surface area contributed by atoms with Crippen LogP contribution in [0.15, 0.2) is 79.1 Å². The van der Waals surface area contributed by atoms with E-state index in [9.17, 15) is 9.59 Å². The summed E-state index contributed by atoms with van der Waals surface area (Å²) in [4.78, 5) is 33.9. The molecule has 0 radical (unpaired) electrons. The molecule has 1 aliphatic rings. The Kier molecular flexibility index (Phi) is 7.19. The van der Waals surface area contributed by atoms with Gasteiger partial charge in [-0.2, -0.15) is 0 Å². The first kappa shape index (κ1) is 22.3. The van der Waals surface area contributed by atoms with E-state index in [1.54, 1.807) is 48.7 Å². The summed E-state index contributed by atoms with van der Waals surface area (Å²) < 4.78 is 11.2. The summed E-state index contributed by atoms with van der Waals surface area (Å²) in [6, 6.07) is 19.9. The van der Waals surface area contributed by atoms with Gasteiger partial charge >= 0.3 is 0 Å². The maximum Gasteiger partial charge on any atom is 0.258 e.